The second-order valence-electron chi connectivity index (χ2n) is 1.37. The molecule has 0 unspecified atom stereocenters. The molecule has 1 heteroatoms. The summed E-state index contributed by atoms with van der Waals surface area (Å²) in [4.78, 5) is 0. The molecule has 0 fully saturated rings. The van der Waals surface area contributed by atoms with Gasteiger partial charge in [-0.2, -0.15) is 0 Å². The van der Waals surface area contributed by atoms with E-state index in [0.717, 1.165) is 6.42 Å². The maximum Gasteiger partial charge on any atom is 0.134 e. The Morgan fingerprint density at radius 1 is 1.86 bits per heavy atom. The summed E-state index contributed by atoms with van der Waals surface area (Å²) in [7, 11) is 0. The van der Waals surface area contributed by atoms with Gasteiger partial charge >= 0.3 is 0 Å². The Hall–Kier alpha value is -0.680. The normalized spacial score (nSPS) is 7.57. The van der Waals surface area contributed by atoms with Crippen molar-refractivity contribution in [1.29, 1.82) is 0 Å². The topological polar surface area (TPSA) is 20.2 Å². The second kappa shape index (κ2) is 3.51. The first-order valence-corrected chi connectivity index (χ1v) is 2.39. The van der Waals surface area contributed by atoms with Crippen molar-refractivity contribution in [3.63, 3.8) is 0 Å². The number of aliphatic hydroxyl groups is 1. The van der Waals surface area contributed by atoms with Crippen LogP contribution in [-0.2, 0) is 0 Å². The summed E-state index contributed by atoms with van der Waals surface area (Å²) in [5.41, 5.74) is 2.39. The summed E-state index contributed by atoms with van der Waals surface area (Å²) < 4.78 is 0. The molecule has 0 bridgehead atoms. The summed E-state index contributed by atoms with van der Waals surface area (Å²) in [5.74, 6) is 0.266. The lowest BCUT2D eigenvalue weighted by Crippen LogP contribution is -1.73. The van der Waals surface area contributed by atoms with Crippen molar-refractivity contribution in [3.05, 3.63) is 18.1 Å². The van der Waals surface area contributed by atoms with Crippen molar-refractivity contribution in [1.82, 2.24) is 0 Å². The Balaban J connectivity index is 3.37. The molecule has 1 N–H and O–H groups in total. The fraction of sp³-hybridized carbons (Fsp3) is 0.500. The van der Waals surface area contributed by atoms with Gasteiger partial charge in [-0.25, -0.2) is 0 Å². The van der Waals surface area contributed by atoms with Gasteiger partial charge in [0.2, 0.25) is 0 Å². The van der Waals surface area contributed by atoms with E-state index in [1.165, 1.54) is 0 Å². The highest BCUT2D eigenvalue weighted by atomic mass is 16.3. The largest absolute Gasteiger partial charge is 0.505 e. The number of hydrogen-bond acceptors (Lipinski definition) is 1. The molecular weight excluding hydrogens is 88.1 g/mol. The summed E-state index contributed by atoms with van der Waals surface area (Å²) in [6.45, 7) is 5.26. The number of aliphatic hydroxyl groups excluding tert-OH is 1. The first-order chi connectivity index (χ1) is 3.31. The van der Waals surface area contributed by atoms with Crippen molar-refractivity contribution in [2.24, 2.45) is 0 Å². The van der Waals surface area contributed by atoms with E-state index in [9.17, 15) is 0 Å². The van der Waals surface area contributed by atoms with E-state index in [4.69, 9.17) is 5.11 Å². The van der Waals surface area contributed by atoms with Crippen LogP contribution in [0.25, 0.3) is 0 Å². The van der Waals surface area contributed by atoms with Crippen LogP contribution < -0.4 is 0 Å². The van der Waals surface area contributed by atoms with Crippen LogP contribution >= 0.6 is 0 Å². The van der Waals surface area contributed by atoms with Gasteiger partial charge in [-0.3, -0.25) is 0 Å². The quantitative estimate of drug-likeness (QED) is 0.413. The van der Waals surface area contributed by atoms with Gasteiger partial charge in [0.25, 0.3) is 0 Å². The molecule has 0 aromatic rings. The maximum absolute atomic E-state index is 8.60. The summed E-state index contributed by atoms with van der Waals surface area (Å²) in [6.07, 6.45) is 1.65. The summed E-state index contributed by atoms with van der Waals surface area (Å²) in [5, 5.41) is 8.60. The molecule has 0 aromatic heterocycles. The molecule has 0 saturated heterocycles. The molecule has 0 radical (unpaired) electrons. The minimum Gasteiger partial charge on any atom is -0.505 e. The number of rotatable bonds is 2. The standard InChI is InChI=1S/C6H10O/c1-3-5-6(7)4-2/h7H,2-3,5H2,1H3. The van der Waals surface area contributed by atoms with Gasteiger partial charge in [-0.1, -0.05) is 19.2 Å². The molecule has 0 aromatic carbocycles. The monoisotopic (exact) mass is 98.1 g/mol. The smallest absolute Gasteiger partial charge is 0.134 e. The van der Waals surface area contributed by atoms with E-state index in [1.54, 1.807) is 0 Å². The van der Waals surface area contributed by atoms with Crippen LogP contribution in [0.4, 0.5) is 0 Å². The lowest BCUT2D eigenvalue weighted by molar-refractivity contribution is 0.388. The van der Waals surface area contributed by atoms with Gasteiger partial charge in [0.1, 0.15) is 5.76 Å². The predicted octanol–water partition coefficient (Wildman–Crippen LogP) is 2.01. The minimum atomic E-state index is 0.266. The van der Waals surface area contributed by atoms with E-state index in [2.05, 4.69) is 12.3 Å². The van der Waals surface area contributed by atoms with Crippen molar-refractivity contribution in [2.45, 2.75) is 19.8 Å². The van der Waals surface area contributed by atoms with Crippen LogP contribution in [0.5, 0.6) is 0 Å². The highest BCUT2D eigenvalue weighted by molar-refractivity contribution is 4.84. The van der Waals surface area contributed by atoms with Crippen LogP contribution in [0.3, 0.4) is 0 Å². The van der Waals surface area contributed by atoms with Gasteiger partial charge in [0, 0.05) is 6.42 Å². The highest BCUT2D eigenvalue weighted by Gasteiger charge is 1.82. The Labute approximate surface area is 44.0 Å². The fourth-order valence-electron chi connectivity index (χ4n) is 0.325. The Kier molecular flexibility index (Phi) is 3.17. The average molecular weight is 98.1 g/mol. The Morgan fingerprint density at radius 2 is 2.43 bits per heavy atom. The van der Waals surface area contributed by atoms with Crippen LogP contribution in [0.2, 0.25) is 0 Å². The molecule has 0 aliphatic rings. The molecule has 7 heavy (non-hydrogen) atoms. The zero-order chi connectivity index (χ0) is 5.70. The SMILES string of the molecule is C=C=C(O)CCC. The average Bonchev–Trinajstić information content (AvgIpc) is 1.68. The van der Waals surface area contributed by atoms with Crippen LogP contribution in [0, 0.1) is 0 Å². The second-order valence-corrected chi connectivity index (χ2v) is 1.37. The maximum atomic E-state index is 8.60. The van der Waals surface area contributed by atoms with Gasteiger partial charge in [-0.05, 0) is 6.42 Å². The molecule has 0 aliphatic heterocycles. The lowest BCUT2D eigenvalue weighted by atomic mass is 10.3. The summed E-state index contributed by atoms with van der Waals surface area (Å²) in [6, 6.07) is 0. The van der Waals surface area contributed by atoms with Crippen LogP contribution in [0.15, 0.2) is 18.1 Å². The molecule has 0 atom stereocenters. The van der Waals surface area contributed by atoms with Gasteiger partial charge in [0.05, 0.1) is 0 Å². The lowest BCUT2D eigenvalue weighted by Gasteiger charge is -1.86. The highest BCUT2D eigenvalue weighted by Crippen LogP contribution is 1.94. The van der Waals surface area contributed by atoms with Crippen molar-refractivity contribution >= 4 is 0 Å². The molecule has 0 rings (SSSR count). The van der Waals surface area contributed by atoms with E-state index >= 15 is 0 Å². The van der Waals surface area contributed by atoms with E-state index in [-0.39, 0.29) is 5.76 Å². The third-order valence-corrected chi connectivity index (χ3v) is 0.691. The van der Waals surface area contributed by atoms with Gasteiger partial charge in [0.15, 0.2) is 0 Å². The molecule has 40 valence electrons. The van der Waals surface area contributed by atoms with Crippen molar-refractivity contribution < 1.29 is 5.11 Å². The molecule has 0 aliphatic carbocycles. The van der Waals surface area contributed by atoms with Gasteiger partial charge in [-0.15, -0.1) is 0 Å². The van der Waals surface area contributed by atoms with E-state index < -0.39 is 0 Å². The van der Waals surface area contributed by atoms with Crippen molar-refractivity contribution in [3.8, 4) is 0 Å². The molecule has 0 amide bonds. The molecule has 1 nitrogen and oxygen atoms in total. The molecule has 0 heterocycles. The Morgan fingerprint density at radius 3 is 2.57 bits per heavy atom. The third kappa shape index (κ3) is 3.14. The van der Waals surface area contributed by atoms with Crippen LogP contribution in [0.1, 0.15) is 19.8 Å². The summed E-state index contributed by atoms with van der Waals surface area (Å²) >= 11 is 0. The predicted molar refractivity (Wildman–Crippen MR) is 30.2 cm³/mol. The zero-order valence-corrected chi connectivity index (χ0v) is 4.57. The van der Waals surface area contributed by atoms with Crippen molar-refractivity contribution in [2.75, 3.05) is 0 Å². The first kappa shape index (κ1) is 6.32. The van der Waals surface area contributed by atoms with Gasteiger partial charge < -0.3 is 5.11 Å². The molecular formula is C6H10O. The Bertz CT molecular complexity index is 88.4. The molecule has 0 spiro atoms. The zero-order valence-electron chi connectivity index (χ0n) is 4.57. The fourth-order valence-corrected chi connectivity index (χ4v) is 0.325. The number of hydrogen-bond donors (Lipinski definition) is 1. The minimum absolute atomic E-state index is 0.266. The number of allylic oxidation sites excluding steroid dienone is 1. The van der Waals surface area contributed by atoms with E-state index in [0.29, 0.717) is 6.42 Å². The van der Waals surface area contributed by atoms with E-state index in [1.807, 2.05) is 6.92 Å². The van der Waals surface area contributed by atoms with Crippen LogP contribution in [-0.4, -0.2) is 5.11 Å². The first-order valence-electron chi connectivity index (χ1n) is 2.39. The third-order valence-electron chi connectivity index (χ3n) is 0.691. The molecule has 0 saturated carbocycles.